The van der Waals surface area contributed by atoms with Gasteiger partial charge in [-0.25, -0.2) is 4.79 Å². The van der Waals surface area contributed by atoms with Crippen molar-refractivity contribution in [2.24, 2.45) is 5.73 Å². The third kappa shape index (κ3) is 10.0. The van der Waals surface area contributed by atoms with Gasteiger partial charge in [-0.1, -0.05) is 24.3 Å². The molecule has 0 saturated carbocycles. The number of carbonyl (C=O) groups excluding carboxylic acids is 3. The van der Waals surface area contributed by atoms with Crippen LogP contribution in [-0.4, -0.2) is 93.8 Å². The SMILES string of the molecule is CSCCC(NC(=O)C1Cc2ccccc2CN1C(=O)C(CSCNC(C)=O)NCC(N)CS)C(=O)O. The fourth-order valence-corrected chi connectivity index (χ4v) is 5.37. The number of thiol groups is 1. The third-order valence-electron chi connectivity index (χ3n) is 5.93. The molecule has 4 unspecified atom stereocenters. The average Bonchev–Trinajstić information content (AvgIpc) is 2.88. The zero-order valence-electron chi connectivity index (χ0n) is 21.1. The number of nitrogens with one attached hydrogen (secondary N) is 3. The third-order valence-corrected chi connectivity index (χ3v) is 7.96. The lowest BCUT2D eigenvalue weighted by Gasteiger charge is -2.38. The maximum atomic E-state index is 13.8. The molecule has 3 amide bonds. The summed E-state index contributed by atoms with van der Waals surface area (Å²) in [5, 5.41) is 18.2. The van der Waals surface area contributed by atoms with Crippen molar-refractivity contribution < 1.29 is 24.3 Å². The van der Waals surface area contributed by atoms with Crippen LogP contribution in [-0.2, 0) is 32.1 Å². The number of carbonyl (C=O) groups is 4. The Morgan fingerprint density at radius 3 is 2.54 bits per heavy atom. The monoisotopic (exact) mass is 571 g/mol. The van der Waals surface area contributed by atoms with E-state index < -0.39 is 30.0 Å². The molecule has 0 aliphatic carbocycles. The topological polar surface area (TPSA) is 154 Å². The Hall–Kier alpha value is -1.93. The molecule has 13 heteroatoms. The zero-order chi connectivity index (χ0) is 27.4. The molecular weight excluding hydrogens is 534 g/mol. The average molecular weight is 572 g/mol. The molecule has 1 aliphatic rings. The van der Waals surface area contributed by atoms with Crippen molar-refractivity contribution in [1.82, 2.24) is 20.9 Å². The van der Waals surface area contributed by atoms with Crippen molar-refractivity contribution in [3.05, 3.63) is 35.4 Å². The number of aliphatic carboxylic acids is 1. The van der Waals surface area contributed by atoms with Gasteiger partial charge in [0.15, 0.2) is 0 Å². The number of carboxylic acid groups (broad SMARTS) is 1. The molecule has 0 spiro atoms. The van der Waals surface area contributed by atoms with Gasteiger partial charge in [0.05, 0.1) is 11.9 Å². The Bertz CT molecular complexity index is 938. The summed E-state index contributed by atoms with van der Waals surface area (Å²) in [6.45, 7) is 1.99. The van der Waals surface area contributed by atoms with Gasteiger partial charge < -0.3 is 31.7 Å². The highest BCUT2D eigenvalue weighted by molar-refractivity contribution is 7.99. The van der Waals surface area contributed by atoms with E-state index in [4.69, 9.17) is 5.73 Å². The molecule has 1 aromatic rings. The van der Waals surface area contributed by atoms with Crippen LogP contribution in [0.4, 0.5) is 0 Å². The first kappa shape index (κ1) is 31.3. The number of nitrogens with zero attached hydrogens (tertiary/aromatic N) is 1. The quantitative estimate of drug-likeness (QED) is 0.0991. The number of nitrogens with two attached hydrogens (primary N) is 1. The van der Waals surface area contributed by atoms with E-state index in [1.807, 2.05) is 30.5 Å². The second kappa shape index (κ2) is 16.1. The Morgan fingerprint density at radius 1 is 1.22 bits per heavy atom. The van der Waals surface area contributed by atoms with Crippen LogP contribution >= 0.6 is 36.2 Å². The van der Waals surface area contributed by atoms with Crippen LogP contribution in [0.2, 0.25) is 0 Å². The molecule has 0 fully saturated rings. The molecule has 6 N–H and O–H groups in total. The minimum Gasteiger partial charge on any atom is -0.480 e. The first-order chi connectivity index (χ1) is 17.7. The minimum absolute atomic E-state index is 0.167. The smallest absolute Gasteiger partial charge is 0.326 e. The Morgan fingerprint density at radius 2 is 1.92 bits per heavy atom. The number of hydrogen-bond acceptors (Lipinski definition) is 9. The largest absolute Gasteiger partial charge is 0.480 e. The predicted octanol–water partition coefficient (Wildman–Crippen LogP) is 0.305. The molecule has 4 atom stereocenters. The van der Waals surface area contributed by atoms with Crippen molar-refractivity contribution in [1.29, 1.82) is 0 Å². The number of benzene rings is 1. The summed E-state index contributed by atoms with van der Waals surface area (Å²) in [5.74, 6) is -0.359. The number of fused-ring (bicyclic) bond motifs is 1. The first-order valence-electron chi connectivity index (χ1n) is 12.0. The van der Waals surface area contributed by atoms with Gasteiger partial charge >= 0.3 is 5.97 Å². The molecule has 0 saturated heterocycles. The molecule has 206 valence electrons. The number of rotatable bonds is 15. The summed E-state index contributed by atoms with van der Waals surface area (Å²) in [5.41, 5.74) is 7.89. The maximum absolute atomic E-state index is 13.8. The van der Waals surface area contributed by atoms with Gasteiger partial charge in [0.1, 0.15) is 12.1 Å². The highest BCUT2D eigenvalue weighted by Crippen LogP contribution is 2.25. The van der Waals surface area contributed by atoms with Crippen molar-refractivity contribution in [2.75, 3.05) is 35.9 Å². The highest BCUT2D eigenvalue weighted by Gasteiger charge is 2.38. The molecular formula is C24H37N5O5S3. The Labute approximate surface area is 232 Å². The number of hydrogen-bond donors (Lipinski definition) is 6. The summed E-state index contributed by atoms with van der Waals surface area (Å²) < 4.78 is 0. The number of thioether (sulfide) groups is 2. The predicted molar refractivity (Wildman–Crippen MR) is 152 cm³/mol. The van der Waals surface area contributed by atoms with Crippen LogP contribution in [0, 0.1) is 0 Å². The molecule has 37 heavy (non-hydrogen) atoms. The van der Waals surface area contributed by atoms with Gasteiger partial charge in [-0.15, -0.1) is 11.8 Å². The summed E-state index contributed by atoms with van der Waals surface area (Å²) in [6.07, 6.45) is 2.44. The summed E-state index contributed by atoms with van der Waals surface area (Å²) in [4.78, 5) is 51.7. The van der Waals surface area contributed by atoms with Gasteiger partial charge in [-0.3, -0.25) is 14.4 Å². The number of amides is 3. The van der Waals surface area contributed by atoms with Crippen LogP contribution in [0.5, 0.6) is 0 Å². The fourth-order valence-electron chi connectivity index (χ4n) is 3.86. The van der Waals surface area contributed by atoms with E-state index in [0.717, 1.165) is 11.1 Å². The van der Waals surface area contributed by atoms with Crippen LogP contribution < -0.4 is 21.7 Å². The molecule has 0 aromatic heterocycles. The molecule has 1 heterocycles. The van der Waals surface area contributed by atoms with Gasteiger partial charge in [0, 0.05) is 44.0 Å². The minimum atomic E-state index is -1.11. The van der Waals surface area contributed by atoms with Crippen molar-refractivity contribution in [3.8, 4) is 0 Å². The maximum Gasteiger partial charge on any atom is 0.326 e. The molecule has 1 aliphatic heterocycles. The van der Waals surface area contributed by atoms with Crippen molar-refractivity contribution >= 4 is 59.8 Å². The lowest BCUT2D eigenvalue weighted by molar-refractivity contribution is -0.146. The summed E-state index contributed by atoms with van der Waals surface area (Å²) in [6, 6.07) is 4.77. The zero-order valence-corrected chi connectivity index (χ0v) is 23.7. The summed E-state index contributed by atoms with van der Waals surface area (Å²) in [7, 11) is 0. The van der Waals surface area contributed by atoms with E-state index in [2.05, 4.69) is 28.6 Å². The van der Waals surface area contributed by atoms with E-state index in [-0.39, 0.29) is 37.2 Å². The fraction of sp³-hybridized carbons (Fsp3) is 0.583. The van der Waals surface area contributed by atoms with Crippen molar-refractivity contribution in [3.63, 3.8) is 0 Å². The van der Waals surface area contributed by atoms with Crippen LogP contribution in [0.15, 0.2) is 24.3 Å². The van der Waals surface area contributed by atoms with E-state index in [1.54, 1.807) is 0 Å². The van der Waals surface area contributed by atoms with E-state index in [1.165, 1.54) is 35.3 Å². The standard InChI is InChI=1S/C24H37N5O5S3/c1-15(30)27-14-37-13-20(26-10-18(25)12-35)23(32)29-11-17-6-4-3-5-16(17)9-21(29)22(31)28-19(24(33)34)7-8-36-2/h3-6,18-21,26,35H,7-14,25H2,1-2H3,(H,27,30)(H,28,31)(H,33,34). The van der Waals surface area contributed by atoms with Gasteiger partial charge in [-0.2, -0.15) is 24.4 Å². The van der Waals surface area contributed by atoms with Crippen LogP contribution in [0.25, 0.3) is 0 Å². The number of carboxylic acids is 1. The molecule has 0 bridgehead atoms. The van der Waals surface area contributed by atoms with Crippen molar-refractivity contribution in [2.45, 2.75) is 50.5 Å². The van der Waals surface area contributed by atoms with E-state index in [0.29, 0.717) is 29.7 Å². The highest BCUT2D eigenvalue weighted by atomic mass is 32.2. The lowest BCUT2D eigenvalue weighted by Crippen LogP contribution is -2.60. The van der Waals surface area contributed by atoms with Crippen LogP contribution in [0.3, 0.4) is 0 Å². The van der Waals surface area contributed by atoms with E-state index in [9.17, 15) is 24.3 Å². The van der Waals surface area contributed by atoms with E-state index >= 15 is 0 Å². The van der Waals surface area contributed by atoms with Gasteiger partial charge in [-0.05, 0) is 29.6 Å². The molecule has 2 rings (SSSR count). The van der Waals surface area contributed by atoms with Gasteiger partial charge in [0.2, 0.25) is 17.7 Å². The van der Waals surface area contributed by atoms with Crippen LogP contribution in [0.1, 0.15) is 24.5 Å². The molecule has 0 radical (unpaired) electrons. The first-order valence-corrected chi connectivity index (χ1v) is 15.2. The summed E-state index contributed by atoms with van der Waals surface area (Å²) >= 11 is 7.09. The normalized spacial score (nSPS) is 17.3. The second-order valence-electron chi connectivity index (χ2n) is 8.79. The lowest BCUT2D eigenvalue weighted by atomic mass is 9.92. The molecule has 1 aromatic carbocycles. The molecule has 10 nitrogen and oxygen atoms in total. The Balaban J connectivity index is 2.28. The second-order valence-corrected chi connectivity index (χ2v) is 11.2. The Kier molecular flexibility index (Phi) is 13.6. The van der Waals surface area contributed by atoms with Gasteiger partial charge in [0.25, 0.3) is 0 Å².